The summed E-state index contributed by atoms with van der Waals surface area (Å²) in [6.45, 7) is 4.81. The fourth-order valence-electron chi connectivity index (χ4n) is 3.39. The van der Waals surface area contributed by atoms with Crippen molar-refractivity contribution in [2.24, 2.45) is 0 Å². The van der Waals surface area contributed by atoms with Gasteiger partial charge < -0.3 is 9.30 Å². The highest BCUT2D eigenvalue weighted by atomic mass is 35.5. The van der Waals surface area contributed by atoms with Crippen molar-refractivity contribution in [3.63, 3.8) is 0 Å². The van der Waals surface area contributed by atoms with Crippen LogP contribution in [-0.2, 0) is 13.0 Å². The summed E-state index contributed by atoms with van der Waals surface area (Å²) in [5, 5.41) is 8.82. The van der Waals surface area contributed by atoms with Crippen LogP contribution in [0.4, 0.5) is 0 Å². The van der Waals surface area contributed by atoms with Crippen molar-refractivity contribution in [3.8, 4) is 17.7 Å². The van der Waals surface area contributed by atoms with E-state index in [0.717, 1.165) is 53.2 Å². The Labute approximate surface area is 155 Å². The number of halogens is 1. The summed E-state index contributed by atoms with van der Waals surface area (Å²) in [5.41, 5.74) is 4.20. The van der Waals surface area contributed by atoms with Gasteiger partial charge in [0.25, 0.3) is 0 Å². The summed E-state index contributed by atoms with van der Waals surface area (Å²) in [7, 11) is 0. The average molecular weight is 366 g/mol. The molecule has 0 bridgehead atoms. The normalized spacial score (nSPS) is 13.3. The van der Waals surface area contributed by atoms with E-state index in [1.165, 1.54) is 6.08 Å². The van der Waals surface area contributed by atoms with Crippen LogP contribution in [0.1, 0.15) is 28.9 Å². The first-order valence-corrected chi connectivity index (χ1v) is 8.72. The monoisotopic (exact) mass is 365 g/mol. The van der Waals surface area contributed by atoms with Crippen LogP contribution in [0.25, 0.3) is 17.2 Å². The van der Waals surface area contributed by atoms with Crippen LogP contribution in [0, 0.1) is 25.2 Å². The molecule has 0 spiro atoms. The summed E-state index contributed by atoms with van der Waals surface area (Å²) in [4.78, 5) is 13.1. The Morgan fingerprint density at radius 2 is 2.00 bits per heavy atom. The van der Waals surface area contributed by atoms with Gasteiger partial charge in [-0.15, -0.1) is 0 Å². The molecule has 0 fully saturated rings. The maximum Gasteiger partial charge on any atom is 0.250 e. The quantitative estimate of drug-likeness (QED) is 0.508. The third-order valence-corrected chi connectivity index (χ3v) is 4.61. The summed E-state index contributed by atoms with van der Waals surface area (Å²) < 4.78 is 8.30. The number of hydrogen-bond acceptors (Lipinski definition) is 5. The van der Waals surface area contributed by atoms with Crippen molar-refractivity contribution in [2.45, 2.75) is 33.2 Å². The second-order valence-corrected chi connectivity index (χ2v) is 6.64. The Hall–Kier alpha value is -2.91. The SMILES string of the molecule is Cc1cc(/C=C/C#N)cc(C)c1Oc1nc(Cl)nc2nc3n(c12)CCC3. The van der Waals surface area contributed by atoms with Crippen LogP contribution in [-0.4, -0.2) is 19.5 Å². The van der Waals surface area contributed by atoms with E-state index in [-0.39, 0.29) is 5.28 Å². The molecule has 1 aliphatic heterocycles. The van der Waals surface area contributed by atoms with Crippen LogP contribution in [0.15, 0.2) is 18.2 Å². The molecule has 0 unspecified atom stereocenters. The zero-order valence-electron chi connectivity index (χ0n) is 14.5. The highest BCUT2D eigenvalue weighted by Gasteiger charge is 2.23. The van der Waals surface area contributed by atoms with Crippen molar-refractivity contribution in [1.82, 2.24) is 19.5 Å². The minimum absolute atomic E-state index is 0.119. The molecule has 2 aromatic heterocycles. The minimum Gasteiger partial charge on any atom is -0.436 e. The third-order valence-electron chi connectivity index (χ3n) is 4.44. The van der Waals surface area contributed by atoms with E-state index in [4.69, 9.17) is 21.6 Å². The lowest BCUT2D eigenvalue weighted by Crippen LogP contribution is -2.00. The molecule has 7 heteroatoms. The van der Waals surface area contributed by atoms with Crippen LogP contribution >= 0.6 is 11.6 Å². The smallest absolute Gasteiger partial charge is 0.250 e. The number of aromatic nitrogens is 4. The standard InChI is InChI=1S/C19H16ClN5O/c1-11-9-13(5-3-7-21)10-12(2)16(11)26-18-15-17(23-19(20)24-18)22-14-6-4-8-25(14)15/h3,5,9-10H,4,6,8H2,1-2H3/b5-3+. The Morgan fingerprint density at radius 1 is 1.23 bits per heavy atom. The van der Waals surface area contributed by atoms with E-state index >= 15 is 0 Å². The average Bonchev–Trinajstić information content (AvgIpc) is 3.16. The fourth-order valence-corrected chi connectivity index (χ4v) is 3.55. The lowest BCUT2D eigenvalue weighted by atomic mass is 10.1. The van der Waals surface area contributed by atoms with Gasteiger partial charge in [-0.05, 0) is 66.8 Å². The zero-order valence-corrected chi connectivity index (χ0v) is 15.2. The van der Waals surface area contributed by atoms with E-state index in [1.54, 1.807) is 6.08 Å². The molecular weight excluding hydrogens is 350 g/mol. The first kappa shape index (κ1) is 16.6. The number of allylic oxidation sites excluding steroid dienone is 1. The minimum atomic E-state index is 0.119. The Morgan fingerprint density at radius 3 is 2.73 bits per heavy atom. The second-order valence-electron chi connectivity index (χ2n) is 6.30. The number of fused-ring (bicyclic) bond motifs is 3. The van der Waals surface area contributed by atoms with E-state index in [2.05, 4.69) is 19.5 Å². The van der Waals surface area contributed by atoms with Gasteiger partial charge in [-0.25, -0.2) is 4.98 Å². The second kappa shape index (κ2) is 6.43. The molecule has 1 aliphatic rings. The summed E-state index contributed by atoms with van der Waals surface area (Å²) in [5.74, 6) is 2.14. The maximum atomic E-state index is 8.70. The first-order valence-electron chi connectivity index (χ1n) is 8.34. The molecule has 26 heavy (non-hydrogen) atoms. The molecule has 0 saturated carbocycles. The Balaban J connectivity index is 1.81. The molecule has 0 radical (unpaired) electrons. The van der Waals surface area contributed by atoms with Gasteiger partial charge in [-0.1, -0.05) is 0 Å². The summed E-state index contributed by atoms with van der Waals surface area (Å²) in [6.07, 6.45) is 5.20. The Kier molecular flexibility index (Phi) is 4.09. The number of nitriles is 1. The highest BCUT2D eigenvalue weighted by Crippen LogP contribution is 2.35. The lowest BCUT2D eigenvalue weighted by molar-refractivity contribution is 0.458. The van der Waals surface area contributed by atoms with Crippen molar-refractivity contribution >= 4 is 28.8 Å². The molecule has 4 rings (SSSR count). The lowest BCUT2D eigenvalue weighted by Gasteiger charge is -2.13. The number of benzene rings is 1. The van der Waals surface area contributed by atoms with Crippen molar-refractivity contribution in [3.05, 3.63) is 46.0 Å². The Bertz CT molecular complexity index is 1070. The molecule has 1 aromatic carbocycles. The number of ether oxygens (including phenoxy) is 1. The number of nitrogens with zero attached hydrogens (tertiary/aromatic N) is 5. The van der Waals surface area contributed by atoms with Gasteiger partial charge in [-0.2, -0.15) is 15.2 Å². The predicted molar refractivity (Wildman–Crippen MR) is 99.3 cm³/mol. The fraction of sp³-hybridized carbons (Fsp3) is 0.263. The van der Waals surface area contributed by atoms with E-state index in [1.807, 2.05) is 32.0 Å². The highest BCUT2D eigenvalue weighted by molar-refractivity contribution is 6.28. The number of aryl methyl sites for hydroxylation is 4. The maximum absolute atomic E-state index is 8.70. The number of imidazole rings is 1. The van der Waals surface area contributed by atoms with Crippen LogP contribution in [0.3, 0.4) is 0 Å². The largest absolute Gasteiger partial charge is 0.436 e. The summed E-state index contributed by atoms with van der Waals surface area (Å²) >= 11 is 6.08. The number of rotatable bonds is 3. The molecule has 6 nitrogen and oxygen atoms in total. The first-order chi connectivity index (χ1) is 12.6. The topological polar surface area (TPSA) is 76.6 Å². The van der Waals surface area contributed by atoms with Crippen molar-refractivity contribution in [1.29, 1.82) is 5.26 Å². The van der Waals surface area contributed by atoms with Crippen molar-refractivity contribution in [2.75, 3.05) is 0 Å². The van der Waals surface area contributed by atoms with Crippen LogP contribution < -0.4 is 4.74 Å². The summed E-state index contributed by atoms with van der Waals surface area (Å²) in [6, 6.07) is 5.94. The van der Waals surface area contributed by atoms with Gasteiger partial charge in [0.1, 0.15) is 11.6 Å². The van der Waals surface area contributed by atoms with Gasteiger partial charge in [0.2, 0.25) is 11.2 Å². The molecule has 0 atom stereocenters. The molecule has 0 saturated heterocycles. The van der Waals surface area contributed by atoms with Gasteiger partial charge in [-0.3, -0.25) is 0 Å². The van der Waals surface area contributed by atoms with Gasteiger partial charge in [0.15, 0.2) is 11.2 Å². The molecule has 0 N–H and O–H groups in total. The molecule has 3 heterocycles. The molecule has 130 valence electrons. The van der Waals surface area contributed by atoms with Gasteiger partial charge in [0.05, 0.1) is 6.07 Å². The molecule has 3 aromatic rings. The predicted octanol–water partition coefficient (Wildman–Crippen LogP) is 4.37. The van der Waals surface area contributed by atoms with Crippen LogP contribution in [0.5, 0.6) is 11.6 Å². The molecule has 0 aliphatic carbocycles. The van der Waals surface area contributed by atoms with Gasteiger partial charge in [0, 0.05) is 19.0 Å². The van der Waals surface area contributed by atoms with Crippen molar-refractivity contribution < 1.29 is 4.74 Å². The number of hydrogen-bond donors (Lipinski definition) is 0. The molecular formula is C19H16ClN5O. The van der Waals surface area contributed by atoms with E-state index in [9.17, 15) is 0 Å². The van der Waals surface area contributed by atoms with E-state index < -0.39 is 0 Å². The molecule has 0 amide bonds. The van der Waals surface area contributed by atoms with Crippen LogP contribution in [0.2, 0.25) is 5.28 Å². The van der Waals surface area contributed by atoms with Gasteiger partial charge >= 0.3 is 0 Å². The van der Waals surface area contributed by atoms with E-state index in [0.29, 0.717) is 11.5 Å². The zero-order chi connectivity index (χ0) is 18.3. The third kappa shape index (κ3) is 2.80.